The Hall–Kier alpha value is -16.9. The van der Waals surface area contributed by atoms with Gasteiger partial charge in [-0.2, -0.15) is 0 Å². The second-order valence-electron chi connectivity index (χ2n) is 33.4. The summed E-state index contributed by atoms with van der Waals surface area (Å²) >= 11 is 0. The molecule has 0 bridgehead atoms. The molecule has 0 atom stereocenters. The molecule has 24 rings (SSSR count). The standard InChI is InChI=1S/C124H82N4/c1-5-24-83(25-6-1)87-46-54-91(55-47-87)98-64-71-121-112(78-98)113-79-99(92-56-48-88(49-57-92)84-26-7-2-8-27-84)65-72-122(113)125(121)102-68-62-97(63-69-102)105-70-75-118(109-41-18-17-40-108(105)109)126(116-44-21-34-95-32-13-15-38-106(95)116)103-36-23-37-104(82-103)127(117-45-22-35-96-33-14-16-39-107(96)117)119-76-77-120(111-43-20-19-42-110(111)119)128-123-73-66-100(93-58-50-89(51-59-93)85-28-9-3-10-29-85)80-114(123)115-81-101(67-74-124(115)128)94-60-52-90(53-61-94)86-30-11-4-12-31-86/h1-82H. The van der Waals surface area contributed by atoms with Crippen LogP contribution in [0.3, 0.4) is 0 Å². The van der Waals surface area contributed by atoms with Crippen molar-refractivity contribution in [2.24, 2.45) is 0 Å². The number of hydrogen-bond donors (Lipinski definition) is 0. The molecule has 0 radical (unpaired) electrons. The summed E-state index contributed by atoms with van der Waals surface area (Å²) in [5, 5.41) is 13.9. The molecule has 4 nitrogen and oxygen atoms in total. The highest BCUT2D eigenvalue weighted by Gasteiger charge is 2.27. The molecule has 2 aromatic heterocycles. The lowest BCUT2D eigenvalue weighted by atomic mass is 9.95. The minimum absolute atomic E-state index is 1.01. The van der Waals surface area contributed by atoms with Gasteiger partial charge in [0.2, 0.25) is 0 Å². The number of benzene rings is 22. The van der Waals surface area contributed by atoms with Gasteiger partial charge in [-0.1, -0.05) is 388 Å². The van der Waals surface area contributed by atoms with Crippen molar-refractivity contribution in [2.75, 3.05) is 9.80 Å². The quantitative estimate of drug-likeness (QED) is 0.0903. The van der Waals surface area contributed by atoms with Gasteiger partial charge in [0.25, 0.3) is 0 Å². The summed E-state index contributed by atoms with van der Waals surface area (Å²) in [5.41, 5.74) is 34.3. The summed E-state index contributed by atoms with van der Waals surface area (Å²) in [5.74, 6) is 0. The minimum Gasteiger partial charge on any atom is -0.309 e. The number of aromatic nitrogens is 2. The van der Waals surface area contributed by atoms with Gasteiger partial charge < -0.3 is 18.9 Å². The second-order valence-corrected chi connectivity index (χ2v) is 33.4. The van der Waals surface area contributed by atoms with E-state index in [1.165, 1.54) is 111 Å². The third-order valence-corrected chi connectivity index (χ3v) is 26.1. The maximum absolute atomic E-state index is 2.51. The fourth-order valence-corrected chi connectivity index (χ4v) is 19.8. The minimum atomic E-state index is 1.01. The molecule has 0 saturated carbocycles. The van der Waals surface area contributed by atoms with Crippen molar-refractivity contribution in [3.8, 4) is 112 Å². The number of anilines is 6. The number of fused-ring (bicyclic) bond motifs is 10. The molecule has 0 amide bonds. The topological polar surface area (TPSA) is 16.3 Å². The Kier molecular flexibility index (Phi) is 18.6. The van der Waals surface area contributed by atoms with Gasteiger partial charge >= 0.3 is 0 Å². The predicted molar refractivity (Wildman–Crippen MR) is 543 cm³/mol. The van der Waals surface area contributed by atoms with E-state index in [0.29, 0.717) is 0 Å². The smallest absolute Gasteiger partial charge is 0.0542 e. The van der Waals surface area contributed by atoms with Gasteiger partial charge in [-0.25, -0.2) is 0 Å². The van der Waals surface area contributed by atoms with E-state index >= 15 is 0 Å². The molecule has 128 heavy (non-hydrogen) atoms. The van der Waals surface area contributed by atoms with Crippen molar-refractivity contribution in [3.05, 3.63) is 497 Å². The fraction of sp³-hybridized carbons (Fsp3) is 0. The summed E-state index contributed by atoms with van der Waals surface area (Å²) in [6, 6.07) is 184. The number of hydrogen-bond acceptors (Lipinski definition) is 2. The van der Waals surface area contributed by atoms with Gasteiger partial charge in [-0.15, -0.1) is 0 Å². The normalized spacial score (nSPS) is 11.6. The van der Waals surface area contributed by atoms with E-state index in [-0.39, 0.29) is 0 Å². The molecule has 0 aliphatic carbocycles. The van der Waals surface area contributed by atoms with Crippen molar-refractivity contribution in [1.82, 2.24) is 9.13 Å². The molecule has 0 fully saturated rings. The monoisotopic (exact) mass is 1630 g/mol. The van der Waals surface area contributed by atoms with Gasteiger partial charge in [0.1, 0.15) is 0 Å². The van der Waals surface area contributed by atoms with Crippen molar-refractivity contribution < 1.29 is 0 Å². The molecular formula is C124H82N4. The average molecular weight is 1630 g/mol. The van der Waals surface area contributed by atoms with Crippen LogP contribution >= 0.6 is 0 Å². The van der Waals surface area contributed by atoms with Crippen molar-refractivity contribution in [1.29, 1.82) is 0 Å². The first-order valence-electron chi connectivity index (χ1n) is 44.1. The highest BCUT2D eigenvalue weighted by Crippen LogP contribution is 2.51. The van der Waals surface area contributed by atoms with E-state index in [2.05, 4.69) is 516 Å². The van der Waals surface area contributed by atoms with Crippen molar-refractivity contribution >= 4 is 121 Å². The lowest BCUT2D eigenvalue weighted by molar-refractivity contribution is 1.18. The molecule has 0 spiro atoms. The van der Waals surface area contributed by atoms with E-state index < -0.39 is 0 Å². The van der Waals surface area contributed by atoms with Crippen LogP contribution in [0.2, 0.25) is 0 Å². The summed E-state index contributed by atoms with van der Waals surface area (Å²) < 4.78 is 4.96. The average Bonchev–Trinajstić information content (AvgIpc) is 1.56. The van der Waals surface area contributed by atoms with Crippen LogP contribution in [0, 0.1) is 0 Å². The molecule has 0 N–H and O–H groups in total. The first kappa shape index (κ1) is 74.9. The van der Waals surface area contributed by atoms with Crippen LogP contribution < -0.4 is 9.80 Å². The van der Waals surface area contributed by atoms with Crippen LogP contribution in [0.1, 0.15) is 0 Å². The van der Waals surface area contributed by atoms with Crippen LogP contribution in [-0.4, -0.2) is 9.13 Å². The van der Waals surface area contributed by atoms with Gasteiger partial charge in [-0.3, -0.25) is 0 Å². The van der Waals surface area contributed by atoms with Gasteiger partial charge in [0.15, 0.2) is 0 Å². The van der Waals surface area contributed by atoms with Crippen LogP contribution in [0.25, 0.3) is 198 Å². The molecule has 22 aromatic carbocycles. The van der Waals surface area contributed by atoms with Crippen LogP contribution in [-0.2, 0) is 0 Å². The van der Waals surface area contributed by atoms with Crippen molar-refractivity contribution in [3.63, 3.8) is 0 Å². The highest BCUT2D eigenvalue weighted by atomic mass is 15.2. The van der Waals surface area contributed by atoms with E-state index in [0.717, 1.165) is 122 Å². The zero-order valence-electron chi connectivity index (χ0n) is 70.1. The Morgan fingerprint density at radius 2 is 0.406 bits per heavy atom. The van der Waals surface area contributed by atoms with E-state index in [9.17, 15) is 0 Å². The van der Waals surface area contributed by atoms with Gasteiger partial charge in [0, 0.05) is 65.5 Å². The van der Waals surface area contributed by atoms with Crippen LogP contribution in [0.4, 0.5) is 34.1 Å². The van der Waals surface area contributed by atoms with E-state index in [1.54, 1.807) is 0 Å². The van der Waals surface area contributed by atoms with Crippen LogP contribution in [0.5, 0.6) is 0 Å². The second kappa shape index (κ2) is 31.8. The summed E-state index contributed by atoms with van der Waals surface area (Å²) in [7, 11) is 0. The highest BCUT2D eigenvalue weighted by molar-refractivity contribution is 6.17. The Morgan fingerprint density at radius 3 is 0.789 bits per heavy atom. The maximum atomic E-state index is 2.51. The third-order valence-electron chi connectivity index (χ3n) is 26.1. The number of nitrogens with zero attached hydrogens (tertiary/aromatic N) is 4. The van der Waals surface area contributed by atoms with Crippen LogP contribution in [0.15, 0.2) is 497 Å². The Bertz CT molecular complexity index is 8070. The molecular weight excluding hydrogens is 1550 g/mol. The molecule has 2 heterocycles. The zero-order chi connectivity index (χ0) is 84.5. The Balaban J connectivity index is 0.626. The van der Waals surface area contributed by atoms with E-state index in [4.69, 9.17) is 0 Å². The molecule has 24 aromatic rings. The predicted octanol–water partition coefficient (Wildman–Crippen LogP) is 34.4. The summed E-state index contributed by atoms with van der Waals surface area (Å²) in [6.45, 7) is 0. The number of rotatable bonds is 17. The van der Waals surface area contributed by atoms with Crippen molar-refractivity contribution in [2.45, 2.75) is 0 Å². The first-order valence-corrected chi connectivity index (χ1v) is 44.1. The molecule has 0 aliphatic rings. The summed E-state index contributed by atoms with van der Waals surface area (Å²) in [6.07, 6.45) is 0. The fourth-order valence-electron chi connectivity index (χ4n) is 19.8. The lowest BCUT2D eigenvalue weighted by Gasteiger charge is -2.32. The lowest BCUT2D eigenvalue weighted by Crippen LogP contribution is -2.14. The Labute approximate surface area is 743 Å². The van der Waals surface area contributed by atoms with E-state index in [1.807, 2.05) is 0 Å². The van der Waals surface area contributed by atoms with Gasteiger partial charge in [-0.05, 0) is 225 Å². The Morgan fingerprint density at radius 1 is 0.141 bits per heavy atom. The first-order chi connectivity index (χ1) is 63.5. The van der Waals surface area contributed by atoms with Gasteiger partial charge in [0.05, 0.1) is 50.5 Å². The molecule has 598 valence electrons. The zero-order valence-corrected chi connectivity index (χ0v) is 70.1. The molecule has 0 aliphatic heterocycles. The molecule has 4 heteroatoms. The maximum Gasteiger partial charge on any atom is 0.0542 e. The SMILES string of the molecule is c1ccc(-c2ccc(-c3ccc4c(c3)c3cc(-c5ccc(-c6ccccc6)cc5)ccc3n4-c3ccc(-c4ccc(N(c5cccc(N(c6cccc7ccccc67)c6ccc(-n7c8ccc(-c9ccc(-c%10ccccc%10)cc9)cc8c8cc(-c9ccc(-c%10ccccc%10)cc9)ccc87)c7ccccc67)c5)c5cccc6ccccc56)c5ccccc45)cc3)cc2)cc1. The molecule has 0 unspecified atom stereocenters. The largest absolute Gasteiger partial charge is 0.309 e. The molecule has 0 saturated heterocycles. The third kappa shape index (κ3) is 13.3. The summed E-state index contributed by atoms with van der Waals surface area (Å²) in [4.78, 5) is 5.01.